The van der Waals surface area contributed by atoms with Crippen molar-refractivity contribution in [2.24, 2.45) is 11.5 Å². The average molecular weight is 221 g/mol. The van der Waals surface area contributed by atoms with E-state index in [-0.39, 0.29) is 17.1 Å². The molecule has 0 saturated carbocycles. The highest BCUT2D eigenvalue weighted by Gasteiger charge is 2.16. The quantitative estimate of drug-likeness (QED) is 0.818. The lowest BCUT2D eigenvalue weighted by Crippen LogP contribution is -2.18. The van der Waals surface area contributed by atoms with E-state index in [0.717, 1.165) is 12.1 Å². The number of hydrogen-bond donors (Lipinski definition) is 2. The molecule has 0 amide bonds. The largest absolute Gasteiger partial charge is 0.330 e. The summed E-state index contributed by atoms with van der Waals surface area (Å²) in [7, 11) is 0. The summed E-state index contributed by atoms with van der Waals surface area (Å²) in [6, 6.07) is 1.35. The molecule has 4 N–H and O–H groups in total. The van der Waals surface area contributed by atoms with Gasteiger partial charge in [-0.3, -0.25) is 0 Å². The van der Waals surface area contributed by atoms with Crippen LogP contribution >= 0.6 is 11.6 Å². The minimum absolute atomic E-state index is 0.0173. The lowest BCUT2D eigenvalue weighted by molar-refractivity contribution is 0.515. The molecule has 0 aliphatic heterocycles. The SMILES string of the molecule is NCC[C@@H](N)c1c(F)cc(Cl)cc1F. The summed E-state index contributed by atoms with van der Waals surface area (Å²) < 4.78 is 26.5. The third-order valence-corrected chi connectivity index (χ3v) is 2.11. The second-order valence-corrected chi connectivity index (χ2v) is 3.40. The smallest absolute Gasteiger partial charge is 0.132 e. The number of benzene rings is 1. The van der Waals surface area contributed by atoms with Crippen LogP contribution in [-0.4, -0.2) is 6.54 Å². The Morgan fingerprint density at radius 3 is 2.21 bits per heavy atom. The van der Waals surface area contributed by atoms with Crippen molar-refractivity contribution in [2.45, 2.75) is 12.5 Å². The average Bonchev–Trinajstić information content (AvgIpc) is 2.01. The fraction of sp³-hybridized carbons (Fsp3) is 0.333. The molecule has 0 heterocycles. The van der Waals surface area contributed by atoms with Crippen molar-refractivity contribution in [3.05, 3.63) is 34.4 Å². The van der Waals surface area contributed by atoms with E-state index in [9.17, 15) is 8.78 Å². The second-order valence-electron chi connectivity index (χ2n) is 2.97. The molecule has 5 heteroatoms. The Morgan fingerprint density at radius 1 is 1.29 bits per heavy atom. The predicted octanol–water partition coefficient (Wildman–Crippen LogP) is 1.97. The third-order valence-electron chi connectivity index (χ3n) is 1.89. The van der Waals surface area contributed by atoms with Crippen LogP contribution in [0.4, 0.5) is 8.78 Å². The van der Waals surface area contributed by atoms with Gasteiger partial charge in [0.05, 0.1) is 0 Å². The van der Waals surface area contributed by atoms with Crippen molar-refractivity contribution < 1.29 is 8.78 Å². The van der Waals surface area contributed by atoms with Crippen molar-refractivity contribution in [1.82, 2.24) is 0 Å². The highest BCUT2D eigenvalue weighted by molar-refractivity contribution is 6.30. The monoisotopic (exact) mass is 220 g/mol. The number of rotatable bonds is 3. The van der Waals surface area contributed by atoms with Crippen molar-refractivity contribution in [3.63, 3.8) is 0 Å². The third kappa shape index (κ3) is 2.41. The van der Waals surface area contributed by atoms with E-state index in [1.807, 2.05) is 0 Å². The Balaban J connectivity index is 3.07. The van der Waals surface area contributed by atoms with Crippen molar-refractivity contribution in [3.8, 4) is 0 Å². The molecule has 0 spiro atoms. The number of nitrogens with two attached hydrogens (primary N) is 2. The Morgan fingerprint density at radius 2 is 1.79 bits per heavy atom. The summed E-state index contributed by atoms with van der Waals surface area (Å²) in [6.45, 7) is 0.280. The van der Waals surface area contributed by atoms with E-state index in [0.29, 0.717) is 6.42 Å². The summed E-state index contributed by atoms with van der Waals surface area (Å²) in [5, 5.41) is 0.0173. The lowest BCUT2D eigenvalue weighted by Gasteiger charge is -2.12. The van der Waals surface area contributed by atoms with Crippen LogP contribution in [0.2, 0.25) is 5.02 Å². The van der Waals surface area contributed by atoms with Crippen LogP contribution in [-0.2, 0) is 0 Å². The number of halogens is 3. The Bertz CT molecular complexity index is 308. The second kappa shape index (κ2) is 4.68. The standard InChI is InChI=1S/C9H11ClF2N2/c10-5-3-6(11)9(7(12)4-5)8(14)1-2-13/h3-4,8H,1-2,13-14H2/t8-/m1/s1. The molecular weight excluding hydrogens is 210 g/mol. The lowest BCUT2D eigenvalue weighted by atomic mass is 10.0. The first-order chi connectivity index (χ1) is 6.56. The van der Waals surface area contributed by atoms with Crippen LogP contribution in [0.1, 0.15) is 18.0 Å². The zero-order valence-electron chi connectivity index (χ0n) is 7.43. The molecule has 1 aromatic carbocycles. The van der Waals surface area contributed by atoms with Gasteiger partial charge in [-0.1, -0.05) is 11.6 Å². The van der Waals surface area contributed by atoms with Gasteiger partial charge in [0, 0.05) is 16.6 Å². The molecule has 1 atom stereocenters. The summed E-state index contributed by atoms with van der Waals surface area (Å²) in [6.07, 6.45) is 0.329. The highest BCUT2D eigenvalue weighted by Crippen LogP contribution is 2.24. The van der Waals surface area contributed by atoms with Gasteiger partial charge in [0.25, 0.3) is 0 Å². The highest BCUT2D eigenvalue weighted by atomic mass is 35.5. The van der Waals surface area contributed by atoms with Crippen molar-refractivity contribution in [1.29, 1.82) is 0 Å². The molecule has 14 heavy (non-hydrogen) atoms. The van der Waals surface area contributed by atoms with Gasteiger partial charge in [0.2, 0.25) is 0 Å². The molecule has 1 aromatic rings. The predicted molar refractivity (Wildman–Crippen MR) is 52.0 cm³/mol. The topological polar surface area (TPSA) is 52.0 Å². The van der Waals surface area contributed by atoms with Gasteiger partial charge in [0.15, 0.2) is 0 Å². The van der Waals surface area contributed by atoms with Crippen LogP contribution < -0.4 is 11.5 Å². The van der Waals surface area contributed by atoms with Crippen LogP contribution in [0.5, 0.6) is 0 Å². The zero-order chi connectivity index (χ0) is 10.7. The van der Waals surface area contributed by atoms with Crippen LogP contribution in [0.25, 0.3) is 0 Å². The molecule has 0 aromatic heterocycles. The van der Waals surface area contributed by atoms with Crippen LogP contribution in [0.3, 0.4) is 0 Å². The first-order valence-electron chi connectivity index (χ1n) is 4.16. The molecule has 0 unspecified atom stereocenters. The van der Waals surface area contributed by atoms with Gasteiger partial charge in [-0.2, -0.15) is 0 Å². The van der Waals surface area contributed by atoms with Gasteiger partial charge >= 0.3 is 0 Å². The van der Waals surface area contributed by atoms with Gasteiger partial charge in [-0.05, 0) is 25.1 Å². The minimum Gasteiger partial charge on any atom is -0.330 e. The van der Waals surface area contributed by atoms with E-state index < -0.39 is 17.7 Å². The molecule has 0 aliphatic carbocycles. The molecule has 1 rings (SSSR count). The van der Waals surface area contributed by atoms with Gasteiger partial charge in [-0.25, -0.2) is 8.78 Å². The normalized spacial score (nSPS) is 12.9. The van der Waals surface area contributed by atoms with E-state index in [1.165, 1.54) is 0 Å². The minimum atomic E-state index is -0.726. The van der Waals surface area contributed by atoms with Gasteiger partial charge in [0.1, 0.15) is 11.6 Å². The fourth-order valence-corrected chi connectivity index (χ4v) is 1.42. The first-order valence-corrected chi connectivity index (χ1v) is 4.54. The molecular formula is C9H11ClF2N2. The molecule has 78 valence electrons. The van der Waals surface area contributed by atoms with Crippen LogP contribution in [0, 0.1) is 11.6 Å². The van der Waals surface area contributed by atoms with E-state index in [2.05, 4.69) is 0 Å². The van der Waals surface area contributed by atoms with E-state index in [4.69, 9.17) is 23.1 Å². The molecule has 0 fully saturated rings. The summed E-state index contributed by atoms with van der Waals surface area (Å²) in [5.41, 5.74) is 10.6. The maximum absolute atomic E-state index is 13.2. The Hall–Kier alpha value is -0.710. The molecule has 2 nitrogen and oxygen atoms in total. The van der Waals surface area contributed by atoms with Gasteiger partial charge < -0.3 is 11.5 Å². The molecule has 0 saturated heterocycles. The van der Waals surface area contributed by atoms with Crippen LogP contribution in [0.15, 0.2) is 12.1 Å². The van der Waals surface area contributed by atoms with E-state index in [1.54, 1.807) is 0 Å². The molecule has 0 bridgehead atoms. The molecule has 0 radical (unpaired) electrons. The number of hydrogen-bond acceptors (Lipinski definition) is 2. The van der Waals surface area contributed by atoms with Gasteiger partial charge in [-0.15, -0.1) is 0 Å². The Kier molecular flexibility index (Phi) is 3.80. The zero-order valence-corrected chi connectivity index (χ0v) is 8.19. The first kappa shape index (κ1) is 11.4. The summed E-state index contributed by atoms with van der Waals surface area (Å²) in [5.74, 6) is -1.45. The summed E-state index contributed by atoms with van der Waals surface area (Å²) in [4.78, 5) is 0. The Labute approximate surface area is 85.8 Å². The summed E-state index contributed by atoms with van der Waals surface area (Å²) >= 11 is 5.46. The molecule has 0 aliphatic rings. The van der Waals surface area contributed by atoms with Crippen molar-refractivity contribution >= 4 is 11.6 Å². The van der Waals surface area contributed by atoms with Crippen molar-refractivity contribution in [2.75, 3.05) is 6.54 Å². The maximum Gasteiger partial charge on any atom is 0.132 e. The fourth-order valence-electron chi connectivity index (χ4n) is 1.23. The van der Waals surface area contributed by atoms with E-state index >= 15 is 0 Å². The maximum atomic E-state index is 13.2.